The second-order valence-corrected chi connectivity index (χ2v) is 9.52. The maximum Gasteiger partial charge on any atom is 0.300 e. The van der Waals surface area contributed by atoms with Gasteiger partial charge in [0.25, 0.3) is 11.7 Å². The number of carbonyl (C=O) groups excluding carboxylic acids is 2. The topological polar surface area (TPSA) is 66.8 Å². The van der Waals surface area contributed by atoms with Crippen LogP contribution in [0.1, 0.15) is 22.7 Å². The molecule has 5 aromatic carbocycles. The van der Waals surface area contributed by atoms with E-state index >= 15 is 0 Å². The number of rotatable bonds is 5. The summed E-state index contributed by atoms with van der Waals surface area (Å²) in [6.45, 7) is 1.96. The molecule has 5 heteroatoms. The zero-order valence-corrected chi connectivity index (χ0v) is 21.2. The first-order valence-electron chi connectivity index (χ1n) is 12.7. The minimum absolute atomic E-state index is 0.0359. The average Bonchev–Trinajstić information content (AvgIpc) is 3.23. The van der Waals surface area contributed by atoms with Crippen molar-refractivity contribution in [2.45, 2.75) is 13.0 Å². The van der Waals surface area contributed by atoms with Gasteiger partial charge in [0, 0.05) is 11.3 Å². The summed E-state index contributed by atoms with van der Waals surface area (Å²) < 4.78 is 6.06. The fourth-order valence-corrected chi connectivity index (χ4v) is 5.07. The highest BCUT2D eigenvalue weighted by atomic mass is 16.5. The minimum Gasteiger partial charge on any atom is -0.507 e. The molecule has 0 aromatic heterocycles. The molecule has 190 valence electrons. The Kier molecular flexibility index (Phi) is 6.17. The standard InChI is InChI=1S/C34H25NO4/c1-22-17-19-25(20-18-22)35-31(24-11-7-14-27(21-24)39-26-12-3-2-4-13-26)30(33(37)34(35)38)32(36)29-16-8-10-23-9-5-6-15-28(23)29/h2-21,31,36H,1H3/b32-30-. The van der Waals surface area contributed by atoms with Gasteiger partial charge in [0.15, 0.2) is 0 Å². The number of hydrogen-bond acceptors (Lipinski definition) is 4. The second kappa shape index (κ2) is 9.95. The average molecular weight is 512 g/mol. The van der Waals surface area contributed by atoms with Crippen LogP contribution in [0.25, 0.3) is 16.5 Å². The Morgan fingerprint density at radius 3 is 2.21 bits per heavy atom. The summed E-state index contributed by atoms with van der Waals surface area (Å²) in [5.41, 5.74) is 2.77. The van der Waals surface area contributed by atoms with Crippen LogP contribution >= 0.6 is 0 Å². The summed E-state index contributed by atoms with van der Waals surface area (Å²) in [6, 6.07) is 36.4. The first kappa shape index (κ1) is 24.2. The molecule has 0 bridgehead atoms. The summed E-state index contributed by atoms with van der Waals surface area (Å²) in [5, 5.41) is 13.4. The van der Waals surface area contributed by atoms with Crippen LogP contribution in [0.5, 0.6) is 11.5 Å². The van der Waals surface area contributed by atoms with Crippen LogP contribution in [0.3, 0.4) is 0 Å². The third-order valence-electron chi connectivity index (χ3n) is 6.95. The molecule has 5 aromatic rings. The van der Waals surface area contributed by atoms with Crippen molar-refractivity contribution in [2.75, 3.05) is 4.90 Å². The zero-order valence-electron chi connectivity index (χ0n) is 21.2. The van der Waals surface area contributed by atoms with E-state index < -0.39 is 17.7 Å². The Labute approximate surface area is 226 Å². The van der Waals surface area contributed by atoms with Crippen LogP contribution < -0.4 is 9.64 Å². The van der Waals surface area contributed by atoms with Crippen LogP contribution in [0, 0.1) is 6.92 Å². The fourth-order valence-electron chi connectivity index (χ4n) is 5.07. The lowest BCUT2D eigenvalue weighted by Crippen LogP contribution is -2.29. The van der Waals surface area contributed by atoms with Gasteiger partial charge in [-0.3, -0.25) is 14.5 Å². The number of para-hydroxylation sites is 1. The third-order valence-corrected chi connectivity index (χ3v) is 6.95. The molecule has 1 heterocycles. The summed E-state index contributed by atoms with van der Waals surface area (Å²) in [4.78, 5) is 28.6. The van der Waals surface area contributed by atoms with Crippen LogP contribution in [0.2, 0.25) is 0 Å². The highest BCUT2D eigenvalue weighted by Crippen LogP contribution is 2.43. The van der Waals surface area contributed by atoms with Crippen molar-refractivity contribution in [1.82, 2.24) is 0 Å². The number of amides is 1. The highest BCUT2D eigenvalue weighted by Gasteiger charge is 2.47. The van der Waals surface area contributed by atoms with Gasteiger partial charge in [-0.25, -0.2) is 0 Å². The molecule has 6 rings (SSSR count). The van der Waals surface area contributed by atoms with Crippen molar-refractivity contribution in [1.29, 1.82) is 0 Å². The molecule has 1 saturated heterocycles. The van der Waals surface area contributed by atoms with E-state index in [1.54, 1.807) is 12.1 Å². The summed E-state index contributed by atoms with van der Waals surface area (Å²) in [7, 11) is 0. The maximum absolute atomic E-state index is 13.6. The highest BCUT2D eigenvalue weighted by molar-refractivity contribution is 6.51. The number of ether oxygens (including phenoxy) is 1. The molecule has 1 aliphatic heterocycles. The molecule has 1 N–H and O–H groups in total. The van der Waals surface area contributed by atoms with E-state index in [0.717, 1.165) is 16.3 Å². The molecule has 1 fully saturated rings. The van der Waals surface area contributed by atoms with Crippen LogP contribution in [0.15, 0.2) is 127 Å². The van der Waals surface area contributed by atoms with Crippen LogP contribution in [0.4, 0.5) is 5.69 Å². The van der Waals surface area contributed by atoms with E-state index in [1.165, 1.54) is 4.90 Å². The number of Topliss-reactive ketones (excluding diaryl/α,β-unsaturated/α-hetero) is 1. The third kappa shape index (κ3) is 4.44. The van der Waals surface area contributed by atoms with Gasteiger partial charge in [0.2, 0.25) is 0 Å². The molecule has 0 saturated carbocycles. The van der Waals surface area contributed by atoms with Gasteiger partial charge in [0.1, 0.15) is 17.3 Å². The Morgan fingerprint density at radius 2 is 1.41 bits per heavy atom. The molecule has 0 aliphatic carbocycles. The van der Waals surface area contributed by atoms with Crippen molar-refractivity contribution in [3.8, 4) is 11.5 Å². The van der Waals surface area contributed by atoms with E-state index in [9.17, 15) is 14.7 Å². The van der Waals surface area contributed by atoms with Crippen molar-refractivity contribution in [2.24, 2.45) is 0 Å². The van der Waals surface area contributed by atoms with E-state index in [0.29, 0.717) is 28.3 Å². The van der Waals surface area contributed by atoms with Gasteiger partial charge in [-0.1, -0.05) is 90.5 Å². The maximum atomic E-state index is 13.6. The van der Waals surface area contributed by atoms with Crippen molar-refractivity contribution in [3.63, 3.8) is 0 Å². The quantitative estimate of drug-likeness (QED) is 0.150. The first-order chi connectivity index (χ1) is 19.0. The van der Waals surface area contributed by atoms with Gasteiger partial charge in [0.05, 0.1) is 11.6 Å². The Morgan fingerprint density at radius 1 is 0.744 bits per heavy atom. The number of fused-ring (bicyclic) bond motifs is 1. The van der Waals surface area contributed by atoms with Crippen molar-refractivity contribution < 1.29 is 19.4 Å². The number of carbonyl (C=O) groups is 2. The monoisotopic (exact) mass is 511 g/mol. The molecule has 1 unspecified atom stereocenters. The van der Waals surface area contributed by atoms with Crippen LogP contribution in [-0.2, 0) is 9.59 Å². The van der Waals surface area contributed by atoms with Gasteiger partial charge < -0.3 is 9.84 Å². The van der Waals surface area contributed by atoms with Gasteiger partial charge in [-0.15, -0.1) is 0 Å². The number of aliphatic hydroxyl groups excluding tert-OH is 1. The molecule has 1 aliphatic rings. The molecular weight excluding hydrogens is 486 g/mol. The SMILES string of the molecule is Cc1ccc(N2C(=O)C(=O)/C(=C(\O)c3cccc4ccccc34)C2c2cccc(Oc3ccccc3)c2)cc1. The predicted molar refractivity (Wildman–Crippen MR) is 153 cm³/mol. The lowest BCUT2D eigenvalue weighted by Gasteiger charge is -2.26. The summed E-state index contributed by atoms with van der Waals surface area (Å²) >= 11 is 0. The number of nitrogens with zero attached hydrogens (tertiary/aromatic N) is 1. The van der Waals surface area contributed by atoms with Crippen molar-refractivity contribution >= 4 is 33.9 Å². The van der Waals surface area contributed by atoms with Gasteiger partial charge >= 0.3 is 0 Å². The Hall–Kier alpha value is -5.16. The summed E-state index contributed by atoms with van der Waals surface area (Å²) in [5.74, 6) is -0.420. The number of ketones is 1. The Bertz CT molecular complexity index is 1730. The van der Waals surface area contributed by atoms with E-state index in [4.69, 9.17) is 4.74 Å². The molecular formula is C34H25NO4. The zero-order chi connectivity index (χ0) is 26.9. The minimum atomic E-state index is -0.856. The lowest BCUT2D eigenvalue weighted by atomic mass is 9.93. The predicted octanol–water partition coefficient (Wildman–Crippen LogP) is 7.57. The van der Waals surface area contributed by atoms with E-state index in [2.05, 4.69) is 0 Å². The fraction of sp³-hybridized carbons (Fsp3) is 0.0588. The molecule has 39 heavy (non-hydrogen) atoms. The lowest BCUT2D eigenvalue weighted by molar-refractivity contribution is -0.132. The smallest absolute Gasteiger partial charge is 0.300 e. The molecule has 0 spiro atoms. The summed E-state index contributed by atoms with van der Waals surface area (Å²) in [6.07, 6.45) is 0. The number of hydrogen-bond donors (Lipinski definition) is 1. The molecule has 0 radical (unpaired) electrons. The van der Waals surface area contributed by atoms with E-state index in [-0.39, 0.29) is 11.3 Å². The molecule has 5 nitrogen and oxygen atoms in total. The Balaban J connectivity index is 1.55. The van der Waals surface area contributed by atoms with Crippen LogP contribution in [-0.4, -0.2) is 16.8 Å². The normalized spacial score (nSPS) is 16.5. The molecule has 1 atom stereocenters. The molecule has 1 amide bonds. The largest absolute Gasteiger partial charge is 0.507 e. The number of anilines is 1. The van der Waals surface area contributed by atoms with Gasteiger partial charge in [-0.2, -0.15) is 0 Å². The number of aryl methyl sites for hydroxylation is 1. The van der Waals surface area contributed by atoms with Gasteiger partial charge in [-0.05, 0) is 59.7 Å². The first-order valence-corrected chi connectivity index (χ1v) is 12.7. The number of benzene rings is 5. The second-order valence-electron chi connectivity index (χ2n) is 9.52. The van der Waals surface area contributed by atoms with E-state index in [1.807, 2.05) is 116 Å². The number of aliphatic hydroxyl groups is 1. The van der Waals surface area contributed by atoms with Crippen molar-refractivity contribution in [3.05, 3.63) is 144 Å².